The third kappa shape index (κ3) is 4.00. The van der Waals surface area contributed by atoms with E-state index in [0.29, 0.717) is 17.8 Å². The maximum absolute atomic E-state index is 12.0. The third-order valence-electron chi connectivity index (χ3n) is 4.19. The van der Waals surface area contributed by atoms with Gasteiger partial charge >= 0.3 is 5.97 Å². The van der Waals surface area contributed by atoms with Crippen LogP contribution >= 0.6 is 0 Å². The van der Waals surface area contributed by atoms with Gasteiger partial charge in [-0.3, -0.25) is 14.9 Å². The molecule has 0 aliphatic heterocycles. The van der Waals surface area contributed by atoms with Crippen LogP contribution in [0.5, 0.6) is 0 Å². The van der Waals surface area contributed by atoms with Crippen molar-refractivity contribution < 1.29 is 14.5 Å². The molecule has 2 heterocycles. The van der Waals surface area contributed by atoms with Crippen LogP contribution in [-0.2, 0) is 22.6 Å². The predicted octanol–water partition coefficient (Wildman–Crippen LogP) is 1.91. The molecule has 0 saturated carbocycles. The van der Waals surface area contributed by atoms with Gasteiger partial charge in [0.05, 0.1) is 4.92 Å². The second kappa shape index (κ2) is 7.36. The standard InChI is InChI=1S/C17H18N6O4/c1-10-14(11(2)22-17(19-10)20-16(18)21-22)7-8-15(24)27-9-12-3-5-13(6-4-12)23(25)26/h3-6H,7-9H2,1-2H3,(H2,18,21). The number of ether oxygens (including phenoxy) is 1. The summed E-state index contributed by atoms with van der Waals surface area (Å²) in [5.41, 5.74) is 8.76. The van der Waals surface area contributed by atoms with E-state index in [2.05, 4.69) is 15.1 Å². The summed E-state index contributed by atoms with van der Waals surface area (Å²) in [7, 11) is 0. The Kier molecular flexibility index (Phi) is 4.97. The number of fused-ring (bicyclic) bond motifs is 1. The molecule has 0 fully saturated rings. The second-order valence-corrected chi connectivity index (χ2v) is 6.03. The average molecular weight is 370 g/mol. The summed E-state index contributed by atoms with van der Waals surface area (Å²) >= 11 is 0. The van der Waals surface area contributed by atoms with Crippen molar-refractivity contribution in [3.63, 3.8) is 0 Å². The van der Waals surface area contributed by atoms with Gasteiger partial charge in [0.25, 0.3) is 11.5 Å². The Labute approximate surface area is 154 Å². The fourth-order valence-electron chi connectivity index (χ4n) is 2.76. The number of nitro benzene ring substituents is 1. The molecule has 0 spiro atoms. The predicted molar refractivity (Wildman–Crippen MR) is 95.9 cm³/mol. The number of nitrogen functional groups attached to an aromatic ring is 1. The van der Waals surface area contributed by atoms with Gasteiger partial charge in [0.2, 0.25) is 5.95 Å². The number of rotatable bonds is 6. The number of esters is 1. The van der Waals surface area contributed by atoms with E-state index in [1.54, 1.807) is 16.6 Å². The van der Waals surface area contributed by atoms with Crippen molar-refractivity contribution in [1.82, 2.24) is 19.6 Å². The lowest BCUT2D eigenvalue weighted by Gasteiger charge is -2.10. The van der Waals surface area contributed by atoms with Crippen LogP contribution in [0, 0.1) is 24.0 Å². The zero-order chi connectivity index (χ0) is 19.6. The van der Waals surface area contributed by atoms with E-state index in [1.807, 2.05) is 13.8 Å². The minimum Gasteiger partial charge on any atom is -0.461 e. The summed E-state index contributed by atoms with van der Waals surface area (Å²) in [5, 5.41) is 14.7. The van der Waals surface area contributed by atoms with E-state index in [9.17, 15) is 14.9 Å². The van der Waals surface area contributed by atoms with Crippen molar-refractivity contribution in [2.45, 2.75) is 33.3 Å². The smallest absolute Gasteiger partial charge is 0.306 e. The van der Waals surface area contributed by atoms with Crippen molar-refractivity contribution in [3.8, 4) is 0 Å². The first-order chi connectivity index (χ1) is 12.8. The summed E-state index contributed by atoms with van der Waals surface area (Å²) in [6, 6.07) is 5.88. The molecule has 0 aliphatic rings. The first kappa shape index (κ1) is 18.2. The Hall–Kier alpha value is -3.56. The molecule has 10 nitrogen and oxygen atoms in total. The van der Waals surface area contributed by atoms with E-state index in [-0.39, 0.29) is 30.6 Å². The van der Waals surface area contributed by atoms with Gasteiger partial charge in [0.15, 0.2) is 0 Å². The van der Waals surface area contributed by atoms with Gasteiger partial charge < -0.3 is 10.5 Å². The van der Waals surface area contributed by atoms with Crippen LogP contribution in [0.1, 0.15) is 28.9 Å². The van der Waals surface area contributed by atoms with Gasteiger partial charge in [0, 0.05) is 29.9 Å². The molecule has 0 saturated heterocycles. The number of benzene rings is 1. The number of non-ortho nitro benzene ring substituents is 1. The maximum Gasteiger partial charge on any atom is 0.306 e. The molecular weight excluding hydrogens is 352 g/mol. The molecule has 0 bridgehead atoms. The van der Waals surface area contributed by atoms with Crippen LogP contribution in [0.2, 0.25) is 0 Å². The molecule has 0 radical (unpaired) electrons. The van der Waals surface area contributed by atoms with Crippen molar-refractivity contribution in [3.05, 3.63) is 56.9 Å². The minimum atomic E-state index is -0.478. The van der Waals surface area contributed by atoms with Crippen LogP contribution < -0.4 is 5.73 Å². The number of anilines is 1. The van der Waals surface area contributed by atoms with Crippen molar-refractivity contribution >= 4 is 23.4 Å². The van der Waals surface area contributed by atoms with Crippen LogP contribution in [0.4, 0.5) is 11.6 Å². The first-order valence-electron chi connectivity index (χ1n) is 8.22. The number of hydrogen-bond acceptors (Lipinski definition) is 8. The lowest BCUT2D eigenvalue weighted by molar-refractivity contribution is -0.384. The number of carbonyl (C=O) groups excluding carboxylic acids is 1. The summed E-state index contributed by atoms with van der Waals surface area (Å²) in [5.74, 6) is 0.196. The van der Waals surface area contributed by atoms with Gasteiger partial charge in [-0.05, 0) is 43.5 Å². The van der Waals surface area contributed by atoms with Crippen LogP contribution in [0.25, 0.3) is 5.78 Å². The highest BCUT2D eigenvalue weighted by Crippen LogP contribution is 2.17. The lowest BCUT2D eigenvalue weighted by atomic mass is 10.1. The van der Waals surface area contributed by atoms with E-state index >= 15 is 0 Å². The Bertz CT molecular complexity index is 1010. The molecule has 3 rings (SSSR count). The molecule has 0 amide bonds. The monoisotopic (exact) mass is 370 g/mol. The van der Waals surface area contributed by atoms with Crippen LogP contribution in [-0.4, -0.2) is 30.5 Å². The van der Waals surface area contributed by atoms with Gasteiger partial charge in [0.1, 0.15) is 6.61 Å². The highest BCUT2D eigenvalue weighted by Gasteiger charge is 2.14. The molecule has 0 atom stereocenters. The van der Waals surface area contributed by atoms with E-state index in [1.165, 1.54) is 12.1 Å². The molecular formula is C17H18N6O4. The molecule has 2 aromatic heterocycles. The summed E-state index contributed by atoms with van der Waals surface area (Å²) < 4.78 is 6.79. The van der Waals surface area contributed by atoms with Gasteiger partial charge in [-0.1, -0.05) is 0 Å². The molecule has 3 aromatic rings. The maximum atomic E-state index is 12.0. The fraction of sp³-hybridized carbons (Fsp3) is 0.294. The number of aromatic nitrogens is 4. The van der Waals surface area contributed by atoms with E-state index < -0.39 is 4.92 Å². The molecule has 10 heteroatoms. The summed E-state index contributed by atoms with van der Waals surface area (Å²) in [4.78, 5) is 30.6. The number of aryl methyl sites for hydroxylation is 2. The number of carbonyl (C=O) groups is 1. The third-order valence-corrected chi connectivity index (χ3v) is 4.19. The second-order valence-electron chi connectivity index (χ2n) is 6.03. The quantitative estimate of drug-likeness (QED) is 0.394. The van der Waals surface area contributed by atoms with Crippen molar-refractivity contribution in [1.29, 1.82) is 0 Å². The van der Waals surface area contributed by atoms with Crippen molar-refractivity contribution in [2.24, 2.45) is 0 Å². The van der Waals surface area contributed by atoms with E-state index in [4.69, 9.17) is 10.5 Å². The molecule has 2 N–H and O–H groups in total. The Morgan fingerprint density at radius 1 is 1.26 bits per heavy atom. The van der Waals surface area contributed by atoms with E-state index in [0.717, 1.165) is 17.0 Å². The Balaban J connectivity index is 1.60. The molecule has 140 valence electrons. The largest absolute Gasteiger partial charge is 0.461 e. The first-order valence-corrected chi connectivity index (χ1v) is 8.22. The SMILES string of the molecule is Cc1nc2nc(N)nn2c(C)c1CCC(=O)OCc1ccc([N+](=O)[O-])cc1. The summed E-state index contributed by atoms with van der Waals surface area (Å²) in [6.45, 7) is 3.77. The molecule has 0 aliphatic carbocycles. The highest BCUT2D eigenvalue weighted by atomic mass is 16.6. The van der Waals surface area contributed by atoms with Gasteiger partial charge in [-0.15, -0.1) is 5.10 Å². The molecule has 0 unspecified atom stereocenters. The zero-order valence-corrected chi connectivity index (χ0v) is 14.9. The average Bonchev–Trinajstić information content (AvgIpc) is 3.00. The van der Waals surface area contributed by atoms with Crippen molar-refractivity contribution in [2.75, 3.05) is 5.73 Å². The van der Waals surface area contributed by atoms with Crippen LogP contribution in [0.3, 0.4) is 0 Å². The fourth-order valence-corrected chi connectivity index (χ4v) is 2.76. The van der Waals surface area contributed by atoms with Gasteiger partial charge in [-0.25, -0.2) is 4.98 Å². The van der Waals surface area contributed by atoms with Crippen LogP contribution in [0.15, 0.2) is 24.3 Å². The van der Waals surface area contributed by atoms with Gasteiger partial charge in [-0.2, -0.15) is 9.50 Å². The number of hydrogen-bond donors (Lipinski definition) is 1. The number of nitro groups is 1. The molecule has 1 aromatic carbocycles. The zero-order valence-electron chi connectivity index (χ0n) is 14.9. The normalized spacial score (nSPS) is 10.9. The highest BCUT2D eigenvalue weighted by molar-refractivity contribution is 5.69. The Morgan fingerprint density at radius 2 is 1.96 bits per heavy atom. The minimum absolute atomic E-state index is 0.00679. The molecule has 27 heavy (non-hydrogen) atoms. The Morgan fingerprint density at radius 3 is 2.63 bits per heavy atom. The number of nitrogens with zero attached hydrogens (tertiary/aromatic N) is 5. The topological polar surface area (TPSA) is 139 Å². The number of nitrogens with two attached hydrogens (primary N) is 1. The lowest BCUT2D eigenvalue weighted by Crippen LogP contribution is -2.10. The summed E-state index contributed by atoms with van der Waals surface area (Å²) in [6.07, 6.45) is 0.617.